The largest absolute Gasteiger partial charge is 0.356 e. The number of fused-ring (bicyclic) bond motifs is 3. The highest BCUT2D eigenvalue weighted by Crippen LogP contribution is 2.44. The standard InChI is InChI=1S/C23H19ClN4OS.C11H20N2O/c1-13-8-11-19(17(24)12-13)28-21-16(20(27-28)15-6-4-3-5-7-15)9-10-18-22(21)30-23(26-18)25-14(2)29;14-9-12-10-5-7-13(8-6-10)11-3-1-2-4-11/h3-8,11-12H,9-10H2,1-2H3,(H,25,26,29);9-11H,1-8H2,(H,12,14). The Hall–Kier alpha value is -3.53. The van der Waals surface area contributed by atoms with Crippen LogP contribution < -0.4 is 10.6 Å². The van der Waals surface area contributed by atoms with Crippen LogP contribution in [-0.4, -0.2) is 57.2 Å². The third kappa shape index (κ3) is 6.60. The van der Waals surface area contributed by atoms with Crippen molar-refractivity contribution < 1.29 is 9.59 Å². The first-order valence-electron chi connectivity index (χ1n) is 15.6. The minimum absolute atomic E-state index is 0.124. The molecule has 10 heteroatoms. The molecule has 0 unspecified atom stereocenters. The van der Waals surface area contributed by atoms with Gasteiger partial charge < -0.3 is 15.5 Å². The van der Waals surface area contributed by atoms with Crippen LogP contribution in [-0.2, 0) is 22.4 Å². The number of hydrogen-bond donors (Lipinski definition) is 2. The molecule has 2 N–H and O–H groups in total. The molecule has 1 saturated carbocycles. The van der Waals surface area contributed by atoms with E-state index in [0.29, 0.717) is 16.2 Å². The van der Waals surface area contributed by atoms with E-state index in [1.165, 1.54) is 62.6 Å². The lowest BCUT2D eigenvalue weighted by Gasteiger charge is -2.35. The van der Waals surface area contributed by atoms with E-state index in [1.807, 2.05) is 48.0 Å². The van der Waals surface area contributed by atoms with Crippen molar-refractivity contribution in [2.45, 2.75) is 77.3 Å². The van der Waals surface area contributed by atoms with Crippen LogP contribution in [0.25, 0.3) is 27.5 Å². The maximum absolute atomic E-state index is 11.5. The molecular formula is C34H39ClN6O2S. The molecule has 0 spiro atoms. The molecule has 2 aliphatic carbocycles. The second-order valence-electron chi connectivity index (χ2n) is 11.9. The van der Waals surface area contributed by atoms with Gasteiger partial charge in [0, 0.05) is 43.2 Å². The Morgan fingerprint density at radius 2 is 1.80 bits per heavy atom. The molecule has 2 aromatic heterocycles. The Bertz CT molecular complexity index is 1620. The molecule has 2 aromatic carbocycles. The van der Waals surface area contributed by atoms with Crippen LogP contribution in [0.15, 0.2) is 48.5 Å². The van der Waals surface area contributed by atoms with E-state index in [9.17, 15) is 9.59 Å². The molecule has 7 rings (SSSR count). The summed E-state index contributed by atoms with van der Waals surface area (Å²) in [5.74, 6) is -0.124. The minimum Gasteiger partial charge on any atom is -0.356 e. The molecule has 0 bridgehead atoms. The highest BCUT2D eigenvalue weighted by molar-refractivity contribution is 7.19. The van der Waals surface area contributed by atoms with E-state index < -0.39 is 0 Å². The maximum atomic E-state index is 11.5. The lowest BCUT2D eigenvalue weighted by atomic mass is 9.95. The van der Waals surface area contributed by atoms with E-state index in [4.69, 9.17) is 16.7 Å². The third-order valence-electron chi connectivity index (χ3n) is 8.84. The number of hydrogen-bond acceptors (Lipinski definition) is 6. The Morgan fingerprint density at radius 1 is 1.05 bits per heavy atom. The quantitative estimate of drug-likeness (QED) is 0.228. The van der Waals surface area contributed by atoms with Crippen LogP contribution in [0.5, 0.6) is 0 Å². The van der Waals surface area contributed by atoms with Crippen LogP contribution in [0.3, 0.4) is 0 Å². The molecule has 230 valence electrons. The lowest BCUT2D eigenvalue weighted by Crippen LogP contribution is -2.45. The Morgan fingerprint density at radius 3 is 2.48 bits per heavy atom. The number of anilines is 1. The van der Waals surface area contributed by atoms with Gasteiger partial charge in [0.05, 0.1) is 32.7 Å². The first-order valence-corrected chi connectivity index (χ1v) is 16.8. The lowest BCUT2D eigenvalue weighted by molar-refractivity contribution is -0.114. The van der Waals surface area contributed by atoms with Crippen molar-refractivity contribution in [2.75, 3.05) is 18.4 Å². The summed E-state index contributed by atoms with van der Waals surface area (Å²) in [5.41, 5.74) is 7.15. The zero-order chi connectivity index (χ0) is 30.6. The zero-order valence-electron chi connectivity index (χ0n) is 25.3. The molecule has 3 aliphatic rings. The van der Waals surface area contributed by atoms with Gasteiger partial charge in [-0.15, -0.1) is 0 Å². The number of benzene rings is 2. The van der Waals surface area contributed by atoms with Crippen molar-refractivity contribution in [2.24, 2.45) is 0 Å². The van der Waals surface area contributed by atoms with Crippen LogP contribution in [0.4, 0.5) is 5.13 Å². The summed E-state index contributed by atoms with van der Waals surface area (Å²) in [5, 5.41) is 12.0. The highest BCUT2D eigenvalue weighted by Gasteiger charge is 2.30. The molecule has 2 amide bonds. The molecular weight excluding hydrogens is 592 g/mol. The number of aromatic nitrogens is 3. The summed E-state index contributed by atoms with van der Waals surface area (Å²) in [6.07, 6.45) is 10.4. The van der Waals surface area contributed by atoms with Crippen molar-refractivity contribution in [3.05, 3.63) is 70.4 Å². The molecule has 0 atom stereocenters. The van der Waals surface area contributed by atoms with Gasteiger partial charge in [-0.2, -0.15) is 5.10 Å². The molecule has 1 saturated heterocycles. The number of aryl methyl sites for hydroxylation is 2. The number of rotatable bonds is 6. The van der Waals surface area contributed by atoms with Crippen molar-refractivity contribution >= 4 is 40.4 Å². The number of nitrogens with zero attached hydrogens (tertiary/aromatic N) is 4. The van der Waals surface area contributed by atoms with E-state index in [-0.39, 0.29) is 5.91 Å². The van der Waals surface area contributed by atoms with Gasteiger partial charge in [0.1, 0.15) is 0 Å². The first-order chi connectivity index (χ1) is 21.4. The summed E-state index contributed by atoms with van der Waals surface area (Å²) in [6.45, 7) is 5.87. The fourth-order valence-electron chi connectivity index (χ4n) is 6.66. The van der Waals surface area contributed by atoms with E-state index in [2.05, 4.69) is 32.7 Å². The highest BCUT2D eigenvalue weighted by atomic mass is 35.5. The molecule has 44 heavy (non-hydrogen) atoms. The van der Waals surface area contributed by atoms with Crippen molar-refractivity contribution in [3.8, 4) is 27.5 Å². The summed E-state index contributed by atoms with van der Waals surface area (Å²) >= 11 is 8.12. The van der Waals surface area contributed by atoms with E-state index in [0.717, 1.165) is 76.9 Å². The van der Waals surface area contributed by atoms with E-state index >= 15 is 0 Å². The normalized spacial score (nSPS) is 16.9. The SMILES string of the molecule is CC(=O)Nc1nc2c(s1)-c1c(c(-c3ccccc3)nn1-c1ccc(C)cc1Cl)CC2.O=CNC1CCN(C2CCCC2)CC1. The Kier molecular flexibility index (Phi) is 9.44. The van der Waals surface area contributed by atoms with Crippen LogP contribution in [0.2, 0.25) is 5.02 Å². The number of piperidine rings is 1. The molecule has 1 aliphatic heterocycles. The second kappa shape index (κ2) is 13.6. The second-order valence-corrected chi connectivity index (χ2v) is 13.3. The number of amides is 2. The van der Waals surface area contributed by atoms with Gasteiger partial charge in [0.15, 0.2) is 5.13 Å². The zero-order valence-corrected chi connectivity index (χ0v) is 26.9. The van der Waals surface area contributed by atoms with Gasteiger partial charge in [-0.05, 0) is 63.1 Å². The van der Waals surface area contributed by atoms with Gasteiger partial charge >= 0.3 is 0 Å². The maximum Gasteiger partial charge on any atom is 0.223 e. The van der Waals surface area contributed by atoms with E-state index in [1.54, 1.807) is 0 Å². The summed E-state index contributed by atoms with van der Waals surface area (Å²) in [4.78, 5) is 30.1. The molecule has 0 radical (unpaired) electrons. The van der Waals surface area contributed by atoms with Crippen LogP contribution in [0.1, 0.15) is 62.3 Å². The molecule has 4 aromatic rings. The number of carbonyl (C=O) groups excluding carboxylic acids is 2. The predicted octanol–water partition coefficient (Wildman–Crippen LogP) is 6.82. The average Bonchev–Trinajstić information content (AvgIpc) is 3.77. The van der Waals surface area contributed by atoms with Gasteiger partial charge in [-0.25, -0.2) is 9.67 Å². The fraction of sp³-hybridized carbons (Fsp3) is 0.412. The predicted molar refractivity (Wildman–Crippen MR) is 178 cm³/mol. The Labute approximate surface area is 267 Å². The summed E-state index contributed by atoms with van der Waals surface area (Å²) in [7, 11) is 0. The van der Waals surface area contributed by atoms with Crippen molar-refractivity contribution in [1.29, 1.82) is 0 Å². The number of likely N-dealkylation sites (tertiary alicyclic amines) is 1. The van der Waals surface area contributed by atoms with Crippen LogP contribution >= 0.6 is 22.9 Å². The van der Waals surface area contributed by atoms with Gasteiger partial charge in [0.25, 0.3) is 0 Å². The average molecular weight is 631 g/mol. The molecule has 2 fully saturated rings. The summed E-state index contributed by atoms with van der Waals surface area (Å²) < 4.78 is 1.94. The van der Waals surface area contributed by atoms with Gasteiger partial charge in [-0.1, -0.05) is 72.2 Å². The number of thiazole rings is 1. The Balaban J connectivity index is 0.000000205. The number of carbonyl (C=O) groups is 2. The van der Waals surface area contributed by atoms with Crippen LogP contribution in [0, 0.1) is 6.92 Å². The number of halogens is 1. The molecule has 8 nitrogen and oxygen atoms in total. The summed E-state index contributed by atoms with van der Waals surface area (Å²) in [6, 6.07) is 17.5. The first kappa shape index (κ1) is 30.5. The van der Waals surface area contributed by atoms with Gasteiger partial charge in [-0.3, -0.25) is 9.59 Å². The third-order valence-corrected chi connectivity index (χ3v) is 10.2. The topological polar surface area (TPSA) is 92.1 Å². The van der Waals surface area contributed by atoms with Crippen molar-refractivity contribution in [3.63, 3.8) is 0 Å². The monoisotopic (exact) mass is 630 g/mol. The van der Waals surface area contributed by atoms with Crippen molar-refractivity contribution in [1.82, 2.24) is 25.0 Å². The molecule has 3 heterocycles. The smallest absolute Gasteiger partial charge is 0.223 e. The fourth-order valence-corrected chi connectivity index (χ4v) is 8.09. The number of nitrogens with one attached hydrogen (secondary N) is 2. The minimum atomic E-state index is -0.124. The van der Waals surface area contributed by atoms with Gasteiger partial charge in [0.2, 0.25) is 12.3 Å².